The van der Waals surface area contributed by atoms with E-state index in [1.807, 2.05) is 24.3 Å². The summed E-state index contributed by atoms with van der Waals surface area (Å²) in [4.78, 5) is 15.3. The average molecular weight is 266 g/mol. The summed E-state index contributed by atoms with van der Waals surface area (Å²) >= 11 is 0. The molecule has 1 atom stereocenters. The summed E-state index contributed by atoms with van der Waals surface area (Å²) in [7, 11) is 0. The van der Waals surface area contributed by atoms with E-state index in [0.29, 0.717) is 5.52 Å². The Morgan fingerprint density at radius 3 is 2.65 bits per heavy atom. The van der Waals surface area contributed by atoms with Crippen LogP contribution in [0.1, 0.15) is 28.9 Å². The molecule has 0 saturated carbocycles. The van der Waals surface area contributed by atoms with Crippen LogP contribution < -0.4 is 0 Å². The highest BCUT2D eigenvalue weighted by Gasteiger charge is 2.12. The van der Waals surface area contributed by atoms with Crippen molar-refractivity contribution in [2.24, 2.45) is 0 Å². The van der Waals surface area contributed by atoms with Crippen molar-refractivity contribution in [3.8, 4) is 0 Å². The standard InChI is InChI=1S/C16H14N2O2/c1-11(12-5-3-2-4-6-12)18-10-17-14-9-13(16(19)20)7-8-15(14)18/h2-11H,1H3,(H,19,20). The maximum atomic E-state index is 11.0. The Balaban J connectivity index is 2.07. The van der Waals surface area contributed by atoms with E-state index in [1.165, 1.54) is 5.56 Å². The summed E-state index contributed by atoms with van der Waals surface area (Å²) in [5, 5.41) is 9.00. The molecule has 20 heavy (non-hydrogen) atoms. The van der Waals surface area contributed by atoms with Gasteiger partial charge in [-0.25, -0.2) is 9.78 Å². The first-order valence-corrected chi connectivity index (χ1v) is 6.41. The zero-order chi connectivity index (χ0) is 14.1. The molecule has 0 fully saturated rings. The highest BCUT2D eigenvalue weighted by Crippen LogP contribution is 2.23. The number of carbonyl (C=O) groups is 1. The molecule has 2 aromatic carbocycles. The van der Waals surface area contributed by atoms with Crippen LogP contribution in [0.2, 0.25) is 0 Å². The average Bonchev–Trinajstić information content (AvgIpc) is 2.90. The van der Waals surface area contributed by atoms with Crippen LogP contribution >= 0.6 is 0 Å². The summed E-state index contributed by atoms with van der Waals surface area (Å²) in [5.74, 6) is -0.933. The van der Waals surface area contributed by atoms with E-state index >= 15 is 0 Å². The van der Waals surface area contributed by atoms with E-state index in [-0.39, 0.29) is 11.6 Å². The minimum atomic E-state index is -0.933. The quantitative estimate of drug-likeness (QED) is 0.791. The number of rotatable bonds is 3. The molecule has 1 heterocycles. The van der Waals surface area contributed by atoms with Crippen LogP contribution in [0.25, 0.3) is 11.0 Å². The Kier molecular flexibility index (Phi) is 2.99. The Morgan fingerprint density at radius 1 is 1.20 bits per heavy atom. The van der Waals surface area contributed by atoms with Crippen LogP contribution in [-0.4, -0.2) is 20.6 Å². The SMILES string of the molecule is CC(c1ccccc1)n1cnc2cc(C(=O)O)ccc21. The second-order valence-corrected chi connectivity index (χ2v) is 4.75. The molecule has 0 spiro atoms. The molecular formula is C16H14N2O2. The zero-order valence-corrected chi connectivity index (χ0v) is 11.0. The van der Waals surface area contributed by atoms with Crippen molar-refractivity contribution >= 4 is 17.0 Å². The number of nitrogens with zero attached hydrogens (tertiary/aromatic N) is 2. The predicted molar refractivity (Wildman–Crippen MR) is 76.9 cm³/mol. The van der Waals surface area contributed by atoms with Crippen molar-refractivity contribution in [1.82, 2.24) is 9.55 Å². The summed E-state index contributed by atoms with van der Waals surface area (Å²) < 4.78 is 2.05. The summed E-state index contributed by atoms with van der Waals surface area (Å²) in [6.07, 6.45) is 1.76. The number of carboxylic acid groups (broad SMARTS) is 1. The number of aromatic nitrogens is 2. The fourth-order valence-electron chi connectivity index (χ4n) is 2.37. The van der Waals surface area contributed by atoms with E-state index in [0.717, 1.165) is 5.52 Å². The van der Waals surface area contributed by atoms with E-state index in [1.54, 1.807) is 18.5 Å². The molecule has 3 rings (SSSR count). The Labute approximate surface area is 116 Å². The lowest BCUT2D eigenvalue weighted by Crippen LogP contribution is -2.05. The number of imidazole rings is 1. The number of hydrogen-bond donors (Lipinski definition) is 1. The summed E-state index contributed by atoms with van der Waals surface area (Å²) in [5.41, 5.74) is 3.09. The highest BCUT2D eigenvalue weighted by molar-refractivity contribution is 5.92. The molecule has 1 N–H and O–H groups in total. The molecule has 0 aliphatic heterocycles. The molecule has 3 aromatic rings. The van der Waals surface area contributed by atoms with Crippen molar-refractivity contribution in [2.45, 2.75) is 13.0 Å². The normalized spacial score (nSPS) is 12.4. The number of fused-ring (bicyclic) bond motifs is 1. The molecule has 4 heteroatoms. The van der Waals surface area contributed by atoms with Gasteiger partial charge in [0.1, 0.15) is 0 Å². The molecule has 0 aliphatic carbocycles. The van der Waals surface area contributed by atoms with Crippen molar-refractivity contribution in [2.75, 3.05) is 0 Å². The van der Waals surface area contributed by atoms with Crippen LogP contribution in [0.5, 0.6) is 0 Å². The molecular weight excluding hydrogens is 252 g/mol. The number of aromatic carboxylic acids is 1. The Hall–Kier alpha value is -2.62. The highest BCUT2D eigenvalue weighted by atomic mass is 16.4. The zero-order valence-electron chi connectivity index (χ0n) is 11.0. The van der Waals surface area contributed by atoms with Crippen molar-refractivity contribution in [3.05, 3.63) is 66.0 Å². The molecule has 0 saturated heterocycles. The van der Waals surface area contributed by atoms with E-state index in [4.69, 9.17) is 5.11 Å². The number of benzene rings is 2. The molecule has 1 aromatic heterocycles. The number of hydrogen-bond acceptors (Lipinski definition) is 2. The van der Waals surface area contributed by atoms with Gasteiger partial charge in [0.2, 0.25) is 0 Å². The van der Waals surface area contributed by atoms with E-state index < -0.39 is 5.97 Å². The van der Waals surface area contributed by atoms with Gasteiger partial charge in [-0.05, 0) is 30.7 Å². The summed E-state index contributed by atoms with van der Waals surface area (Å²) in [6, 6.07) is 15.3. The van der Waals surface area contributed by atoms with Gasteiger partial charge in [0.05, 0.1) is 29.0 Å². The third-order valence-corrected chi connectivity index (χ3v) is 3.52. The maximum Gasteiger partial charge on any atom is 0.335 e. The van der Waals surface area contributed by atoms with Crippen LogP contribution in [0.3, 0.4) is 0 Å². The van der Waals surface area contributed by atoms with E-state index in [2.05, 4.69) is 28.6 Å². The Bertz CT molecular complexity index is 763. The minimum absolute atomic E-state index is 0.150. The van der Waals surface area contributed by atoms with Gasteiger partial charge >= 0.3 is 5.97 Å². The van der Waals surface area contributed by atoms with Crippen LogP contribution in [0.15, 0.2) is 54.9 Å². The van der Waals surface area contributed by atoms with Crippen molar-refractivity contribution in [1.29, 1.82) is 0 Å². The Morgan fingerprint density at radius 2 is 1.95 bits per heavy atom. The smallest absolute Gasteiger partial charge is 0.335 e. The lowest BCUT2D eigenvalue weighted by Gasteiger charge is -2.14. The van der Waals surface area contributed by atoms with Gasteiger partial charge in [0.25, 0.3) is 0 Å². The number of carboxylic acids is 1. The summed E-state index contributed by atoms with van der Waals surface area (Å²) in [6.45, 7) is 2.10. The minimum Gasteiger partial charge on any atom is -0.478 e. The topological polar surface area (TPSA) is 55.1 Å². The van der Waals surface area contributed by atoms with Gasteiger partial charge < -0.3 is 9.67 Å². The van der Waals surface area contributed by atoms with E-state index in [9.17, 15) is 4.79 Å². The van der Waals surface area contributed by atoms with Crippen LogP contribution in [0.4, 0.5) is 0 Å². The predicted octanol–water partition coefficient (Wildman–Crippen LogP) is 3.34. The lowest BCUT2D eigenvalue weighted by molar-refractivity contribution is 0.0697. The first kappa shape index (κ1) is 12.4. The molecule has 1 unspecified atom stereocenters. The van der Waals surface area contributed by atoms with Gasteiger partial charge in [0.15, 0.2) is 0 Å². The fraction of sp³-hybridized carbons (Fsp3) is 0.125. The van der Waals surface area contributed by atoms with Crippen molar-refractivity contribution < 1.29 is 9.90 Å². The lowest BCUT2D eigenvalue weighted by atomic mass is 10.1. The third kappa shape index (κ3) is 2.05. The monoisotopic (exact) mass is 266 g/mol. The van der Waals surface area contributed by atoms with Gasteiger partial charge in [-0.15, -0.1) is 0 Å². The van der Waals surface area contributed by atoms with Crippen LogP contribution in [-0.2, 0) is 0 Å². The second kappa shape index (κ2) is 4.81. The van der Waals surface area contributed by atoms with Crippen molar-refractivity contribution in [3.63, 3.8) is 0 Å². The maximum absolute atomic E-state index is 11.0. The fourth-order valence-corrected chi connectivity index (χ4v) is 2.37. The third-order valence-electron chi connectivity index (χ3n) is 3.52. The first-order valence-electron chi connectivity index (χ1n) is 6.41. The largest absolute Gasteiger partial charge is 0.478 e. The molecule has 0 radical (unpaired) electrons. The first-order chi connectivity index (χ1) is 9.66. The van der Waals surface area contributed by atoms with Gasteiger partial charge in [-0.1, -0.05) is 30.3 Å². The van der Waals surface area contributed by atoms with Gasteiger partial charge in [-0.3, -0.25) is 0 Å². The molecule has 100 valence electrons. The van der Waals surface area contributed by atoms with Crippen LogP contribution in [0, 0.1) is 0 Å². The molecule has 4 nitrogen and oxygen atoms in total. The molecule has 0 bridgehead atoms. The molecule has 0 aliphatic rings. The van der Waals surface area contributed by atoms with Gasteiger partial charge in [-0.2, -0.15) is 0 Å². The van der Waals surface area contributed by atoms with Gasteiger partial charge in [0, 0.05) is 0 Å². The molecule has 0 amide bonds. The second-order valence-electron chi connectivity index (χ2n) is 4.75.